The molecule has 0 atom stereocenters. The van der Waals surface area contributed by atoms with Gasteiger partial charge >= 0.3 is 0 Å². The van der Waals surface area contributed by atoms with Crippen LogP contribution in [0.1, 0.15) is 36.0 Å². The summed E-state index contributed by atoms with van der Waals surface area (Å²) < 4.78 is 25.1. The molecule has 1 amide bonds. The summed E-state index contributed by atoms with van der Waals surface area (Å²) in [5.41, 5.74) is 5.50. The molecule has 0 aliphatic heterocycles. The molecule has 1 fully saturated rings. The minimum atomic E-state index is -3.50. The van der Waals surface area contributed by atoms with Gasteiger partial charge in [-0.25, -0.2) is 12.7 Å². The van der Waals surface area contributed by atoms with Crippen molar-refractivity contribution in [3.8, 4) is 0 Å². The maximum Gasteiger partial charge on any atom is 0.269 e. The largest absolute Gasteiger partial charge is 0.359 e. The number of hydrogen-bond acceptors (Lipinski definition) is 4. The van der Waals surface area contributed by atoms with Crippen LogP contribution < -0.4 is 16.2 Å². The van der Waals surface area contributed by atoms with E-state index in [1.807, 2.05) is 0 Å². The molecule has 1 aliphatic rings. The SMILES string of the molecule is CN(C)S(=O)(=O)c1ccc(C(=O)NNC(=S)NC2CCCC2)cc1. The second-order valence-corrected chi connectivity index (χ2v) is 8.41. The van der Waals surface area contributed by atoms with E-state index in [1.54, 1.807) is 0 Å². The average molecular weight is 371 g/mol. The first-order valence-corrected chi connectivity index (χ1v) is 9.55. The zero-order valence-corrected chi connectivity index (χ0v) is 15.3. The van der Waals surface area contributed by atoms with Crippen molar-refractivity contribution in [1.82, 2.24) is 20.5 Å². The first-order chi connectivity index (χ1) is 11.3. The lowest BCUT2D eigenvalue weighted by atomic mass is 10.2. The maximum absolute atomic E-state index is 12.1. The second kappa shape index (κ2) is 7.91. The van der Waals surface area contributed by atoms with Crippen molar-refractivity contribution in [3.05, 3.63) is 29.8 Å². The molecule has 0 aromatic heterocycles. The fraction of sp³-hybridized carbons (Fsp3) is 0.467. The first-order valence-electron chi connectivity index (χ1n) is 7.70. The number of rotatable bonds is 4. The standard InChI is InChI=1S/C15H22N4O3S2/c1-19(2)24(21,22)13-9-7-11(8-10-13)14(20)17-18-15(23)16-12-5-3-4-6-12/h7-10,12H,3-6H2,1-2H3,(H,17,20)(H2,16,18,23). The summed E-state index contributed by atoms with van der Waals surface area (Å²) in [5.74, 6) is -0.389. The highest BCUT2D eigenvalue weighted by Crippen LogP contribution is 2.17. The van der Waals surface area contributed by atoms with Gasteiger partial charge in [-0.2, -0.15) is 0 Å². The predicted octanol–water partition coefficient (Wildman–Crippen LogP) is 0.988. The highest BCUT2D eigenvalue weighted by Gasteiger charge is 2.18. The van der Waals surface area contributed by atoms with Crippen molar-refractivity contribution < 1.29 is 13.2 Å². The van der Waals surface area contributed by atoms with Crippen LogP contribution in [0, 0.1) is 0 Å². The molecule has 0 saturated heterocycles. The molecule has 0 unspecified atom stereocenters. The fourth-order valence-electron chi connectivity index (χ4n) is 2.47. The predicted molar refractivity (Wildman–Crippen MR) is 95.9 cm³/mol. The van der Waals surface area contributed by atoms with Crippen molar-refractivity contribution in [2.45, 2.75) is 36.6 Å². The van der Waals surface area contributed by atoms with Crippen LogP contribution in [0.5, 0.6) is 0 Å². The van der Waals surface area contributed by atoms with Crippen LogP contribution in [-0.2, 0) is 10.0 Å². The molecule has 1 saturated carbocycles. The van der Waals surface area contributed by atoms with Crippen LogP contribution in [0.3, 0.4) is 0 Å². The van der Waals surface area contributed by atoms with Gasteiger partial charge in [0.1, 0.15) is 0 Å². The zero-order valence-electron chi connectivity index (χ0n) is 13.7. The van der Waals surface area contributed by atoms with Crippen LogP contribution in [0.2, 0.25) is 0 Å². The van der Waals surface area contributed by atoms with E-state index in [2.05, 4.69) is 16.2 Å². The van der Waals surface area contributed by atoms with E-state index in [9.17, 15) is 13.2 Å². The molecule has 0 bridgehead atoms. The normalized spacial score (nSPS) is 15.3. The van der Waals surface area contributed by atoms with Crippen LogP contribution in [0.15, 0.2) is 29.2 Å². The summed E-state index contributed by atoms with van der Waals surface area (Å²) in [4.78, 5) is 12.2. The minimum absolute atomic E-state index is 0.135. The summed E-state index contributed by atoms with van der Waals surface area (Å²) >= 11 is 5.14. The number of carbonyl (C=O) groups excluding carboxylic acids is 1. The number of hydrogen-bond donors (Lipinski definition) is 3. The molecule has 0 spiro atoms. The second-order valence-electron chi connectivity index (χ2n) is 5.85. The minimum Gasteiger partial charge on any atom is -0.359 e. The molecule has 0 heterocycles. The van der Waals surface area contributed by atoms with Crippen LogP contribution in [-0.4, -0.2) is 43.9 Å². The van der Waals surface area contributed by atoms with Gasteiger partial charge in [0.25, 0.3) is 5.91 Å². The Morgan fingerprint density at radius 2 is 1.71 bits per heavy atom. The molecule has 24 heavy (non-hydrogen) atoms. The van der Waals surface area contributed by atoms with Crippen molar-refractivity contribution in [2.75, 3.05) is 14.1 Å². The average Bonchev–Trinajstić information content (AvgIpc) is 3.05. The lowest BCUT2D eigenvalue weighted by molar-refractivity contribution is 0.0943. The Balaban J connectivity index is 1.89. The van der Waals surface area contributed by atoms with E-state index in [0.29, 0.717) is 16.7 Å². The van der Waals surface area contributed by atoms with Gasteiger partial charge in [-0.15, -0.1) is 0 Å². The number of carbonyl (C=O) groups is 1. The van der Waals surface area contributed by atoms with E-state index in [4.69, 9.17) is 12.2 Å². The fourth-order valence-corrected chi connectivity index (χ4v) is 3.59. The number of nitrogens with zero attached hydrogens (tertiary/aromatic N) is 1. The van der Waals surface area contributed by atoms with Crippen LogP contribution in [0.25, 0.3) is 0 Å². The van der Waals surface area contributed by atoms with Crippen molar-refractivity contribution >= 4 is 33.3 Å². The van der Waals surface area contributed by atoms with Gasteiger partial charge in [0.2, 0.25) is 10.0 Å². The lowest BCUT2D eigenvalue weighted by Gasteiger charge is -2.16. The number of sulfonamides is 1. The van der Waals surface area contributed by atoms with Gasteiger partial charge < -0.3 is 5.32 Å². The Morgan fingerprint density at radius 3 is 2.25 bits per heavy atom. The van der Waals surface area contributed by atoms with Crippen molar-refractivity contribution in [3.63, 3.8) is 0 Å². The summed E-state index contributed by atoms with van der Waals surface area (Å²) in [5, 5.41) is 3.52. The Morgan fingerprint density at radius 1 is 1.12 bits per heavy atom. The zero-order chi connectivity index (χ0) is 17.7. The molecule has 7 nitrogen and oxygen atoms in total. The van der Waals surface area contributed by atoms with Crippen LogP contribution in [0.4, 0.5) is 0 Å². The topological polar surface area (TPSA) is 90.5 Å². The summed E-state index contributed by atoms with van der Waals surface area (Å²) in [6.45, 7) is 0. The number of thiocarbonyl (C=S) groups is 1. The van der Waals surface area contributed by atoms with Crippen LogP contribution >= 0.6 is 12.2 Å². The van der Waals surface area contributed by atoms with Gasteiger partial charge in [0, 0.05) is 25.7 Å². The maximum atomic E-state index is 12.1. The van der Waals surface area contributed by atoms with E-state index >= 15 is 0 Å². The molecule has 9 heteroatoms. The van der Waals surface area contributed by atoms with Crippen molar-refractivity contribution in [1.29, 1.82) is 0 Å². The highest BCUT2D eigenvalue weighted by atomic mass is 32.2. The molecule has 3 N–H and O–H groups in total. The molecular formula is C15H22N4O3S2. The number of benzene rings is 1. The Labute approximate surface area is 147 Å². The number of nitrogens with one attached hydrogen (secondary N) is 3. The van der Waals surface area contributed by atoms with Gasteiger partial charge in [-0.05, 0) is 49.3 Å². The van der Waals surface area contributed by atoms with E-state index in [0.717, 1.165) is 17.1 Å². The first kappa shape index (κ1) is 18.6. The van der Waals surface area contributed by atoms with E-state index in [1.165, 1.54) is 51.2 Å². The third-order valence-electron chi connectivity index (χ3n) is 3.88. The molecule has 1 aromatic rings. The number of amides is 1. The Hall–Kier alpha value is -1.71. The van der Waals surface area contributed by atoms with Gasteiger partial charge in [-0.1, -0.05) is 12.8 Å². The third kappa shape index (κ3) is 4.65. The molecule has 1 aromatic carbocycles. The quantitative estimate of drug-likeness (QED) is 0.541. The summed E-state index contributed by atoms with van der Waals surface area (Å²) in [6, 6.07) is 6.08. The molecule has 132 valence electrons. The summed E-state index contributed by atoms with van der Waals surface area (Å²) in [6.07, 6.45) is 4.54. The smallest absolute Gasteiger partial charge is 0.269 e. The van der Waals surface area contributed by atoms with E-state index in [-0.39, 0.29) is 10.8 Å². The van der Waals surface area contributed by atoms with Gasteiger partial charge in [0.15, 0.2) is 5.11 Å². The Bertz CT molecular complexity index is 696. The van der Waals surface area contributed by atoms with Crippen molar-refractivity contribution in [2.24, 2.45) is 0 Å². The molecular weight excluding hydrogens is 348 g/mol. The van der Waals surface area contributed by atoms with Gasteiger partial charge in [-0.3, -0.25) is 15.6 Å². The lowest BCUT2D eigenvalue weighted by Crippen LogP contribution is -2.49. The highest BCUT2D eigenvalue weighted by molar-refractivity contribution is 7.89. The van der Waals surface area contributed by atoms with Gasteiger partial charge in [0.05, 0.1) is 4.90 Å². The molecule has 2 rings (SSSR count). The summed E-state index contributed by atoms with van der Waals surface area (Å²) in [7, 11) is -0.590. The number of hydrazine groups is 1. The molecule has 1 aliphatic carbocycles. The monoisotopic (exact) mass is 370 g/mol. The molecule has 0 radical (unpaired) electrons. The third-order valence-corrected chi connectivity index (χ3v) is 5.92. The Kier molecular flexibility index (Phi) is 6.14. The van der Waals surface area contributed by atoms with E-state index < -0.39 is 10.0 Å².